The van der Waals surface area contributed by atoms with E-state index in [9.17, 15) is 9.90 Å². The number of hydrogen-bond donors (Lipinski definition) is 2. The van der Waals surface area contributed by atoms with Crippen molar-refractivity contribution in [3.8, 4) is 5.75 Å². The standard InChI is InChI=1S/C19H22FN3O3S/c1-26-17-15-12(6-14(20)16(17)22-5-4-10(7-21)8-22)18(27)13(19(24)25)9-23(15)11-2-3-11/h6,9-11H,2-5,7-8,21H2,1H3,(H,24,25)/t10-/m0/s1. The van der Waals surface area contributed by atoms with Crippen molar-refractivity contribution in [2.45, 2.75) is 25.3 Å². The van der Waals surface area contributed by atoms with E-state index in [1.807, 2.05) is 9.47 Å². The fourth-order valence-electron chi connectivity index (χ4n) is 3.95. The summed E-state index contributed by atoms with van der Waals surface area (Å²) in [6.45, 7) is 1.94. The smallest absolute Gasteiger partial charge is 0.338 e. The molecule has 1 aromatic carbocycles. The van der Waals surface area contributed by atoms with Crippen LogP contribution in [-0.2, 0) is 0 Å². The summed E-state index contributed by atoms with van der Waals surface area (Å²) < 4.78 is 22.9. The summed E-state index contributed by atoms with van der Waals surface area (Å²) in [7, 11) is 1.51. The molecule has 1 aromatic heterocycles. The maximum atomic E-state index is 15.2. The van der Waals surface area contributed by atoms with Gasteiger partial charge >= 0.3 is 5.97 Å². The number of halogens is 1. The van der Waals surface area contributed by atoms with Crippen molar-refractivity contribution in [3.05, 3.63) is 28.2 Å². The molecule has 2 aromatic rings. The molecule has 1 saturated carbocycles. The number of nitrogens with zero attached hydrogens (tertiary/aromatic N) is 2. The molecule has 0 amide bonds. The largest absolute Gasteiger partial charge is 0.492 e. The Morgan fingerprint density at radius 2 is 2.19 bits per heavy atom. The van der Waals surface area contributed by atoms with Gasteiger partial charge in [-0.05, 0) is 37.8 Å². The lowest BCUT2D eigenvalue weighted by Crippen LogP contribution is -2.24. The third-order valence-electron chi connectivity index (χ3n) is 5.51. The van der Waals surface area contributed by atoms with Crippen molar-refractivity contribution in [2.24, 2.45) is 11.7 Å². The number of carboxylic acid groups (broad SMARTS) is 1. The van der Waals surface area contributed by atoms with Gasteiger partial charge in [0.25, 0.3) is 0 Å². The number of ether oxygens (including phenoxy) is 1. The third kappa shape index (κ3) is 2.96. The minimum absolute atomic E-state index is 0.0166. The Bertz CT molecular complexity index is 987. The quantitative estimate of drug-likeness (QED) is 0.761. The Labute approximate surface area is 161 Å². The van der Waals surface area contributed by atoms with Crippen molar-refractivity contribution in [1.82, 2.24) is 4.57 Å². The number of fused-ring (bicyclic) bond motifs is 1. The fourth-order valence-corrected chi connectivity index (χ4v) is 4.25. The van der Waals surface area contributed by atoms with Gasteiger partial charge in [-0.2, -0.15) is 0 Å². The molecular formula is C19H22FN3O3S. The maximum Gasteiger partial charge on any atom is 0.338 e. The lowest BCUT2D eigenvalue weighted by molar-refractivity contribution is 0.0695. The van der Waals surface area contributed by atoms with Gasteiger partial charge in [0, 0.05) is 30.7 Å². The summed E-state index contributed by atoms with van der Waals surface area (Å²) >= 11 is 5.37. The average Bonchev–Trinajstić information content (AvgIpc) is 3.38. The Hall–Kier alpha value is -2.19. The zero-order valence-electron chi connectivity index (χ0n) is 15.1. The van der Waals surface area contributed by atoms with Gasteiger partial charge in [0.2, 0.25) is 0 Å². The summed E-state index contributed by atoms with van der Waals surface area (Å²) in [5.74, 6) is -0.819. The molecule has 6 nitrogen and oxygen atoms in total. The topological polar surface area (TPSA) is 80.7 Å². The highest BCUT2D eigenvalue weighted by Gasteiger charge is 2.32. The van der Waals surface area contributed by atoms with Crippen LogP contribution < -0.4 is 15.4 Å². The molecule has 1 saturated heterocycles. The lowest BCUT2D eigenvalue weighted by Gasteiger charge is -2.25. The van der Waals surface area contributed by atoms with Gasteiger partial charge in [-0.25, -0.2) is 9.18 Å². The second-order valence-electron chi connectivity index (χ2n) is 7.29. The minimum atomic E-state index is -1.11. The second kappa shape index (κ2) is 6.76. The van der Waals surface area contributed by atoms with Crippen LogP contribution in [0.2, 0.25) is 0 Å². The molecule has 2 aliphatic rings. The first-order chi connectivity index (χ1) is 13.0. The van der Waals surface area contributed by atoms with E-state index in [0.717, 1.165) is 19.3 Å². The summed E-state index contributed by atoms with van der Waals surface area (Å²) in [5, 5.41) is 9.91. The number of pyridine rings is 1. The van der Waals surface area contributed by atoms with Crippen LogP contribution in [0.15, 0.2) is 12.3 Å². The molecule has 8 heteroatoms. The van der Waals surface area contributed by atoms with Gasteiger partial charge in [0.1, 0.15) is 5.69 Å². The van der Waals surface area contributed by atoms with Crippen LogP contribution in [0.1, 0.15) is 35.7 Å². The molecule has 3 N–H and O–H groups in total. The van der Waals surface area contributed by atoms with Gasteiger partial charge in [-0.3, -0.25) is 0 Å². The van der Waals surface area contributed by atoms with Crippen molar-refractivity contribution < 1.29 is 19.0 Å². The van der Waals surface area contributed by atoms with Gasteiger partial charge in [0.15, 0.2) is 11.6 Å². The predicted molar refractivity (Wildman–Crippen MR) is 104 cm³/mol. The van der Waals surface area contributed by atoms with Crippen LogP contribution in [-0.4, -0.2) is 42.4 Å². The highest BCUT2D eigenvalue weighted by atomic mass is 32.1. The van der Waals surface area contributed by atoms with E-state index in [1.165, 1.54) is 13.2 Å². The molecule has 0 unspecified atom stereocenters. The number of aromatic carboxylic acids is 1. The first-order valence-electron chi connectivity index (χ1n) is 9.09. The number of carbonyl (C=O) groups is 1. The Balaban J connectivity index is 2.01. The SMILES string of the molecule is COc1c(N2CC[C@@H](CN)C2)c(F)cc2c(=S)c(C(=O)O)cn(C3CC3)c12. The fraction of sp³-hybridized carbons (Fsp3) is 0.474. The van der Waals surface area contributed by atoms with Gasteiger partial charge in [0.05, 0.1) is 22.7 Å². The molecule has 0 bridgehead atoms. The van der Waals surface area contributed by atoms with Crippen LogP contribution in [0.3, 0.4) is 0 Å². The van der Waals surface area contributed by atoms with Gasteiger partial charge < -0.3 is 25.0 Å². The molecular weight excluding hydrogens is 369 g/mol. The number of nitrogens with two attached hydrogens (primary N) is 1. The minimum Gasteiger partial charge on any atom is -0.492 e. The Morgan fingerprint density at radius 1 is 1.44 bits per heavy atom. The average molecular weight is 391 g/mol. The van der Waals surface area contributed by atoms with E-state index < -0.39 is 11.8 Å². The number of anilines is 1. The van der Waals surface area contributed by atoms with E-state index in [1.54, 1.807) is 6.20 Å². The second-order valence-corrected chi connectivity index (χ2v) is 7.70. The van der Waals surface area contributed by atoms with Crippen molar-refractivity contribution >= 4 is 34.8 Å². The zero-order chi connectivity index (χ0) is 19.3. The van der Waals surface area contributed by atoms with Crippen molar-refractivity contribution in [2.75, 3.05) is 31.6 Å². The number of rotatable bonds is 5. The predicted octanol–water partition coefficient (Wildman–Crippen LogP) is 3.34. The molecule has 2 heterocycles. The molecule has 2 fully saturated rings. The molecule has 1 aliphatic carbocycles. The Kier molecular flexibility index (Phi) is 4.55. The van der Waals surface area contributed by atoms with Gasteiger partial charge in [-0.1, -0.05) is 12.2 Å². The summed E-state index contributed by atoms with van der Waals surface area (Å²) in [6, 6.07) is 1.54. The number of benzene rings is 1. The molecule has 144 valence electrons. The van der Waals surface area contributed by atoms with Crippen LogP contribution >= 0.6 is 12.2 Å². The first-order valence-corrected chi connectivity index (χ1v) is 9.50. The van der Waals surface area contributed by atoms with Crippen LogP contribution in [0.25, 0.3) is 10.9 Å². The van der Waals surface area contributed by atoms with Crippen LogP contribution in [0.5, 0.6) is 5.75 Å². The highest BCUT2D eigenvalue weighted by molar-refractivity contribution is 7.71. The molecule has 27 heavy (non-hydrogen) atoms. The molecule has 0 spiro atoms. The molecule has 1 aliphatic heterocycles. The summed E-state index contributed by atoms with van der Waals surface area (Å²) in [4.78, 5) is 13.6. The van der Waals surface area contributed by atoms with E-state index in [4.69, 9.17) is 22.7 Å². The molecule has 4 rings (SSSR count). The third-order valence-corrected chi connectivity index (χ3v) is 5.95. The van der Waals surface area contributed by atoms with Gasteiger partial charge in [-0.15, -0.1) is 0 Å². The molecule has 0 radical (unpaired) electrons. The van der Waals surface area contributed by atoms with E-state index in [0.29, 0.717) is 47.9 Å². The molecule has 1 atom stereocenters. The number of methoxy groups -OCH3 is 1. The van der Waals surface area contributed by atoms with Crippen LogP contribution in [0, 0.1) is 16.2 Å². The number of carboxylic acids is 1. The number of hydrogen-bond acceptors (Lipinski definition) is 5. The summed E-state index contributed by atoms with van der Waals surface area (Å²) in [6.07, 6.45) is 4.38. The van der Waals surface area contributed by atoms with E-state index >= 15 is 4.39 Å². The normalized spacial score (nSPS) is 19.7. The van der Waals surface area contributed by atoms with E-state index in [-0.39, 0.29) is 16.1 Å². The maximum absolute atomic E-state index is 15.2. The number of aromatic nitrogens is 1. The first kappa shape index (κ1) is 18.2. The monoisotopic (exact) mass is 391 g/mol. The van der Waals surface area contributed by atoms with Crippen molar-refractivity contribution in [1.29, 1.82) is 0 Å². The zero-order valence-corrected chi connectivity index (χ0v) is 15.9. The van der Waals surface area contributed by atoms with E-state index in [2.05, 4.69) is 0 Å². The van der Waals surface area contributed by atoms with Crippen molar-refractivity contribution in [3.63, 3.8) is 0 Å². The Morgan fingerprint density at radius 3 is 2.74 bits per heavy atom. The lowest BCUT2D eigenvalue weighted by atomic mass is 10.1. The summed E-state index contributed by atoms with van der Waals surface area (Å²) in [5.41, 5.74) is 6.88. The van der Waals surface area contributed by atoms with Crippen LogP contribution in [0.4, 0.5) is 10.1 Å². The highest BCUT2D eigenvalue weighted by Crippen LogP contribution is 2.45.